The van der Waals surface area contributed by atoms with Crippen LogP contribution in [0.5, 0.6) is 5.75 Å². The van der Waals surface area contributed by atoms with Crippen molar-refractivity contribution < 1.29 is 18.8 Å². The van der Waals surface area contributed by atoms with E-state index in [1.165, 1.54) is 11.3 Å². The Kier molecular flexibility index (Phi) is 5.97. The summed E-state index contributed by atoms with van der Waals surface area (Å²) in [6, 6.07) is 12.8. The lowest BCUT2D eigenvalue weighted by Gasteiger charge is -2.31. The highest BCUT2D eigenvalue weighted by Crippen LogP contribution is 2.30. The average Bonchev–Trinajstić information content (AvgIpc) is 3.48. The molecule has 1 saturated heterocycles. The van der Waals surface area contributed by atoms with Gasteiger partial charge in [-0.3, -0.25) is 9.59 Å². The van der Waals surface area contributed by atoms with Crippen LogP contribution in [0.25, 0.3) is 21.6 Å². The van der Waals surface area contributed by atoms with Crippen LogP contribution < -0.4 is 10.1 Å². The van der Waals surface area contributed by atoms with Gasteiger partial charge in [0.15, 0.2) is 5.13 Å². The van der Waals surface area contributed by atoms with Gasteiger partial charge in [0, 0.05) is 37.1 Å². The van der Waals surface area contributed by atoms with E-state index in [1.54, 1.807) is 31.1 Å². The molecule has 9 nitrogen and oxygen atoms in total. The number of aromatic nitrogens is 3. The summed E-state index contributed by atoms with van der Waals surface area (Å²) in [7, 11) is 1.62. The van der Waals surface area contributed by atoms with E-state index in [0.29, 0.717) is 48.3 Å². The maximum atomic E-state index is 12.9. The van der Waals surface area contributed by atoms with Gasteiger partial charge in [0.25, 0.3) is 5.91 Å². The number of thiazole rings is 1. The number of methoxy groups -OCH3 is 1. The van der Waals surface area contributed by atoms with Crippen molar-refractivity contribution in [2.45, 2.75) is 19.8 Å². The summed E-state index contributed by atoms with van der Waals surface area (Å²) in [6.45, 7) is 2.79. The smallest absolute Gasteiger partial charge is 0.253 e. The molecule has 5 rings (SSSR count). The number of rotatable bonds is 5. The molecular formula is C24H23N5O4S. The van der Waals surface area contributed by atoms with E-state index in [-0.39, 0.29) is 17.7 Å². The minimum atomic E-state index is -0.158. The van der Waals surface area contributed by atoms with Gasteiger partial charge in [-0.25, -0.2) is 4.98 Å². The minimum absolute atomic E-state index is 0.0465. The molecule has 4 aromatic rings. The monoisotopic (exact) mass is 477 g/mol. The van der Waals surface area contributed by atoms with Crippen molar-refractivity contribution in [3.8, 4) is 17.1 Å². The van der Waals surface area contributed by atoms with Gasteiger partial charge in [-0.1, -0.05) is 28.6 Å². The Morgan fingerprint density at radius 2 is 1.88 bits per heavy atom. The number of carbonyl (C=O) groups is 2. The van der Waals surface area contributed by atoms with Crippen LogP contribution in [0, 0.1) is 12.8 Å². The van der Waals surface area contributed by atoms with Crippen LogP contribution in [-0.4, -0.2) is 52.0 Å². The van der Waals surface area contributed by atoms with E-state index in [4.69, 9.17) is 9.26 Å². The van der Waals surface area contributed by atoms with E-state index >= 15 is 0 Å². The second kappa shape index (κ2) is 9.22. The van der Waals surface area contributed by atoms with Crippen molar-refractivity contribution in [2.75, 3.05) is 25.5 Å². The van der Waals surface area contributed by atoms with Crippen molar-refractivity contribution in [1.82, 2.24) is 20.0 Å². The number of nitrogens with one attached hydrogen (secondary N) is 1. The standard InChI is InChI=1S/C24H23N5O4S/c1-14-25-21(28-33-14)15-3-5-17(6-4-15)23(31)29-11-9-16(10-12-29)22(30)27-24-26-19-8-7-18(32-2)13-20(19)34-24/h3-8,13,16H,9-12H2,1-2H3,(H,26,27,30). The maximum absolute atomic E-state index is 12.9. The number of nitrogens with zero attached hydrogens (tertiary/aromatic N) is 4. The highest BCUT2D eigenvalue weighted by molar-refractivity contribution is 7.22. The third kappa shape index (κ3) is 4.49. The summed E-state index contributed by atoms with van der Waals surface area (Å²) in [5.41, 5.74) is 2.20. The lowest BCUT2D eigenvalue weighted by molar-refractivity contribution is -0.121. The minimum Gasteiger partial charge on any atom is -0.497 e. The Morgan fingerprint density at radius 1 is 1.12 bits per heavy atom. The van der Waals surface area contributed by atoms with E-state index < -0.39 is 0 Å². The second-order valence-corrected chi connectivity index (χ2v) is 9.15. The fourth-order valence-electron chi connectivity index (χ4n) is 4.00. The Hall–Kier alpha value is -3.79. The van der Waals surface area contributed by atoms with E-state index in [9.17, 15) is 9.59 Å². The SMILES string of the molecule is COc1ccc2nc(NC(=O)C3CCN(C(=O)c4ccc(-c5noc(C)n5)cc4)CC3)sc2c1. The second-order valence-electron chi connectivity index (χ2n) is 8.12. The van der Waals surface area contributed by atoms with Crippen molar-refractivity contribution in [3.63, 3.8) is 0 Å². The van der Waals surface area contributed by atoms with Gasteiger partial charge in [0.2, 0.25) is 17.6 Å². The number of carbonyl (C=O) groups excluding carboxylic acids is 2. The number of ether oxygens (including phenoxy) is 1. The molecule has 2 aromatic carbocycles. The molecule has 0 spiro atoms. The molecule has 0 saturated carbocycles. The van der Waals surface area contributed by atoms with E-state index in [0.717, 1.165) is 21.5 Å². The van der Waals surface area contributed by atoms with Gasteiger partial charge >= 0.3 is 0 Å². The zero-order valence-corrected chi connectivity index (χ0v) is 19.6. The summed E-state index contributed by atoms with van der Waals surface area (Å²) in [5, 5.41) is 7.41. The molecule has 1 aliphatic heterocycles. The Labute approximate surface area is 199 Å². The van der Waals surface area contributed by atoms with Gasteiger partial charge in [-0.05, 0) is 43.2 Å². The fraction of sp³-hybridized carbons (Fsp3) is 0.292. The van der Waals surface area contributed by atoms with Gasteiger partial charge in [-0.2, -0.15) is 4.98 Å². The highest BCUT2D eigenvalue weighted by Gasteiger charge is 2.28. The van der Waals surface area contributed by atoms with Crippen molar-refractivity contribution in [1.29, 1.82) is 0 Å². The van der Waals surface area contributed by atoms with Crippen LogP contribution in [0.1, 0.15) is 29.1 Å². The number of benzene rings is 2. The Morgan fingerprint density at radius 3 is 2.56 bits per heavy atom. The number of piperidine rings is 1. The fourth-order valence-corrected chi connectivity index (χ4v) is 4.90. The molecule has 34 heavy (non-hydrogen) atoms. The summed E-state index contributed by atoms with van der Waals surface area (Å²) >= 11 is 1.42. The lowest BCUT2D eigenvalue weighted by atomic mass is 9.95. The van der Waals surface area contributed by atoms with Crippen molar-refractivity contribution in [2.24, 2.45) is 5.92 Å². The predicted octanol–water partition coefficient (Wildman–Crippen LogP) is 4.15. The summed E-state index contributed by atoms with van der Waals surface area (Å²) in [5.74, 6) is 1.48. The molecular weight excluding hydrogens is 454 g/mol. The number of fused-ring (bicyclic) bond motifs is 1. The molecule has 1 fully saturated rings. The Balaban J connectivity index is 1.17. The van der Waals surface area contributed by atoms with Crippen LogP contribution in [-0.2, 0) is 4.79 Å². The van der Waals surface area contributed by atoms with Crippen LogP contribution in [0.2, 0.25) is 0 Å². The van der Waals surface area contributed by atoms with Gasteiger partial charge in [0.1, 0.15) is 5.75 Å². The summed E-state index contributed by atoms with van der Waals surface area (Å²) in [4.78, 5) is 36.2. The number of amides is 2. The Bertz CT molecular complexity index is 1340. The first-order valence-corrected chi connectivity index (χ1v) is 11.8. The molecule has 2 amide bonds. The molecule has 3 heterocycles. The number of hydrogen-bond donors (Lipinski definition) is 1. The van der Waals surface area contributed by atoms with Crippen LogP contribution >= 0.6 is 11.3 Å². The largest absolute Gasteiger partial charge is 0.497 e. The molecule has 1 aliphatic rings. The predicted molar refractivity (Wildman–Crippen MR) is 128 cm³/mol. The number of aryl methyl sites for hydroxylation is 1. The topological polar surface area (TPSA) is 110 Å². The number of hydrogen-bond acceptors (Lipinski definition) is 8. The number of likely N-dealkylation sites (tertiary alicyclic amines) is 1. The third-order valence-electron chi connectivity index (χ3n) is 5.90. The van der Waals surface area contributed by atoms with Gasteiger partial charge < -0.3 is 19.5 Å². The molecule has 0 aliphatic carbocycles. The molecule has 1 N–H and O–H groups in total. The van der Waals surface area contributed by atoms with Crippen LogP contribution in [0.15, 0.2) is 47.0 Å². The highest BCUT2D eigenvalue weighted by atomic mass is 32.1. The van der Waals surface area contributed by atoms with Crippen molar-refractivity contribution >= 4 is 38.5 Å². The van der Waals surface area contributed by atoms with Crippen LogP contribution in [0.4, 0.5) is 5.13 Å². The van der Waals surface area contributed by atoms with Crippen LogP contribution in [0.3, 0.4) is 0 Å². The zero-order valence-electron chi connectivity index (χ0n) is 18.8. The zero-order chi connectivity index (χ0) is 23.7. The molecule has 0 atom stereocenters. The third-order valence-corrected chi connectivity index (χ3v) is 6.83. The van der Waals surface area contributed by atoms with Gasteiger partial charge in [-0.15, -0.1) is 0 Å². The average molecular weight is 478 g/mol. The lowest BCUT2D eigenvalue weighted by Crippen LogP contribution is -2.41. The quantitative estimate of drug-likeness (QED) is 0.460. The molecule has 2 aromatic heterocycles. The van der Waals surface area contributed by atoms with E-state index in [2.05, 4.69) is 20.4 Å². The van der Waals surface area contributed by atoms with E-state index in [1.807, 2.05) is 30.3 Å². The normalized spacial score (nSPS) is 14.4. The number of anilines is 1. The first kappa shape index (κ1) is 22.0. The molecule has 0 bridgehead atoms. The first-order valence-electron chi connectivity index (χ1n) is 11.0. The maximum Gasteiger partial charge on any atom is 0.253 e. The molecule has 0 radical (unpaired) electrons. The first-order chi connectivity index (χ1) is 16.5. The van der Waals surface area contributed by atoms with Gasteiger partial charge in [0.05, 0.1) is 17.3 Å². The summed E-state index contributed by atoms with van der Waals surface area (Å²) < 4.78 is 11.2. The summed E-state index contributed by atoms with van der Waals surface area (Å²) in [6.07, 6.45) is 1.22. The molecule has 174 valence electrons. The molecule has 0 unspecified atom stereocenters. The van der Waals surface area contributed by atoms with Crippen molar-refractivity contribution in [3.05, 3.63) is 53.9 Å². The molecule has 10 heteroatoms.